The van der Waals surface area contributed by atoms with Crippen LogP contribution in [0.2, 0.25) is 0 Å². The van der Waals surface area contributed by atoms with Crippen LogP contribution in [0.15, 0.2) is 0 Å². The van der Waals surface area contributed by atoms with E-state index >= 15 is 0 Å². The summed E-state index contributed by atoms with van der Waals surface area (Å²) in [6, 6.07) is 0. The second-order valence-corrected chi connectivity index (χ2v) is 3.73. The molecule has 0 spiro atoms. The zero-order valence-electron chi connectivity index (χ0n) is 10.8. The summed E-state index contributed by atoms with van der Waals surface area (Å²) < 4.78 is 4.94. The van der Waals surface area contributed by atoms with Gasteiger partial charge in [-0.3, -0.25) is 0 Å². The van der Waals surface area contributed by atoms with Crippen LogP contribution in [0.25, 0.3) is 0 Å². The molecule has 0 saturated carbocycles. The standard InChI is InChI=1S/C6H14.C4H8O.C3H8/c1-3-5-6-4-2;1-2-4-5-3-1;1-3-2/h3-6H2,1-2H3;1-4H2;3H2,1-2H3. The number of rotatable bonds is 3. The third kappa shape index (κ3) is 22.7. The Morgan fingerprint density at radius 2 is 1.14 bits per heavy atom. The van der Waals surface area contributed by atoms with Crippen LogP contribution in [-0.4, -0.2) is 13.2 Å². The van der Waals surface area contributed by atoms with E-state index in [0.29, 0.717) is 0 Å². The van der Waals surface area contributed by atoms with Crippen molar-refractivity contribution in [2.24, 2.45) is 0 Å². The molecule has 14 heavy (non-hydrogen) atoms. The van der Waals surface area contributed by atoms with E-state index < -0.39 is 0 Å². The van der Waals surface area contributed by atoms with Crippen LogP contribution in [-0.2, 0) is 4.74 Å². The van der Waals surface area contributed by atoms with E-state index in [9.17, 15) is 0 Å². The lowest BCUT2D eigenvalue weighted by atomic mass is 10.2. The van der Waals surface area contributed by atoms with Crippen molar-refractivity contribution >= 4 is 0 Å². The molecule has 1 saturated heterocycles. The maximum absolute atomic E-state index is 4.94. The maximum Gasteiger partial charge on any atom is 0.0466 e. The summed E-state index contributed by atoms with van der Waals surface area (Å²) >= 11 is 0. The minimum Gasteiger partial charge on any atom is -0.381 e. The summed E-state index contributed by atoms with van der Waals surface area (Å²) in [5.41, 5.74) is 0. The molecule has 88 valence electrons. The van der Waals surface area contributed by atoms with Gasteiger partial charge in [-0.1, -0.05) is 59.8 Å². The van der Waals surface area contributed by atoms with Gasteiger partial charge in [0, 0.05) is 13.2 Å². The van der Waals surface area contributed by atoms with Crippen molar-refractivity contribution in [2.75, 3.05) is 13.2 Å². The Balaban J connectivity index is 0. The minimum absolute atomic E-state index is 1.00. The monoisotopic (exact) mass is 202 g/mol. The molecule has 0 aromatic heterocycles. The Bertz CT molecular complexity index is 56.0. The largest absolute Gasteiger partial charge is 0.381 e. The lowest BCUT2D eigenvalue weighted by Gasteiger charge is -1.86. The smallest absolute Gasteiger partial charge is 0.0466 e. The lowest BCUT2D eigenvalue weighted by molar-refractivity contribution is 0.198. The Labute approximate surface area is 91.2 Å². The SMILES string of the molecule is C1CCOC1.CCC.CCCCCC. The summed E-state index contributed by atoms with van der Waals surface area (Å²) in [4.78, 5) is 0. The first-order chi connectivity index (χ1) is 6.83. The minimum atomic E-state index is 1.00. The number of hydrogen-bond donors (Lipinski definition) is 0. The Kier molecular flexibility index (Phi) is 21.9. The van der Waals surface area contributed by atoms with Crippen LogP contribution in [0.5, 0.6) is 0 Å². The van der Waals surface area contributed by atoms with Gasteiger partial charge in [0.25, 0.3) is 0 Å². The van der Waals surface area contributed by atoms with Crippen LogP contribution in [0.4, 0.5) is 0 Å². The van der Waals surface area contributed by atoms with Gasteiger partial charge in [-0.05, 0) is 12.8 Å². The van der Waals surface area contributed by atoms with Gasteiger partial charge in [-0.2, -0.15) is 0 Å². The van der Waals surface area contributed by atoms with Crippen molar-refractivity contribution in [3.8, 4) is 0 Å². The van der Waals surface area contributed by atoms with E-state index in [1.54, 1.807) is 0 Å². The molecule has 0 unspecified atom stereocenters. The molecular weight excluding hydrogens is 172 g/mol. The highest BCUT2D eigenvalue weighted by molar-refractivity contribution is 4.43. The molecule has 1 heteroatoms. The zero-order valence-corrected chi connectivity index (χ0v) is 10.8. The van der Waals surface area contributed by atoms with E-state index in [1.165, 1.54) is 44.9 Å². The predicted octanol–water partition coefficient (Wildman–Crippen LogP) is 4.80. The molecule has 0 N–H and O–H groups in total. The third-order valence-electron chi connectivity index (χ3n) is 1.78. The van der Waals surface area contributed by atoms with Gasteiger partial charge in [0.05, 0.1) is 0 Å². The molecule has 1 heterocycles. The molecule has 0 aromatic rings. The van der Waals surface area contributed by atoms with Gasteiger partial charge in [0.1, 0.15) is 0 Å². The average Bonchev–Trinajstić information content (AvgIpc) is 2.74. The molecule has 1 aliphatic rings. The van der Waals surface area contributed by atoms with Crippen molar-refractivity contribution in [1.29, 1.82) is 0 Å². The Hall–Kier alpha value is -0.0400. The number of hydrogen-bond acceptors (Lipinski definition) is 1. The fraction of sp³-hybridized carbons (Fsp3) is 1.00. The molecule has 0 atom stereocenters. The molecule has 1 fully saturated rings. The first kappa shape index (κ1) is 16.4. The quantitative estimate of drug-likeness (QED) is 0.597. The molecule has 1 rings (SSSR count). The topological polar surface area (TPSA) is 9.23 Å². The fourth-order valence-electron chi connectivity index (χ4n) is 1.01. The summed E-state index contributed by atoms with van der Waals surface area (Å²) in [7, 11) is 0. The average molecular weight is 202 g/mol. The first-order valence-electron chi connectivity index (χ1n) is 6.41. The van der Waals surface area contributed by atoms with E-state index in [1.807, 2.05) is 0 Å². The van der Waals surface area contributed by atoms with Crippen molar-refractivity contribution in [3.63, 3.8) is 0 Å². The molecule has 0 bridgehead atoms. The summed E-state index contributed by atoms with van der Waals surface area (Å²) in [6.07, 6.45) is 9.34. The number of ether oxygens (including phenoxy) is 1. The number of unbranched alkanes of at least 4 members (excludes halogenated alkanes) is 3. The van der Waals surface area contributed by atoms with Gasteiger partial charge in [0.15, 0.2) is 0 Å². The van der Waals surface area contributed by atoms with Crippen LogP contribution >= 0.6 is 0 Å². The maximum atomic E-state index is 4.94. The first-order valence-corrected chi connectivity index (χ1v) is 6.41. The van der Waals surface area contributed by atoms with Crippen molar-refractivity contribution < 1.29 is 4.74 Å². The second-order valence-electron chi connectivity index (χ2n) is 3.73. The Morgan fingerprint density at radius 1 is 0.786 bits per heavy atom. The lowest BCUT2D eigenvalue weighted by Crippen LogP contribution is -1.74. The Morgan fingerprint density at radius 3 is 1.29 bits per heavy atom. The van der Waals surface area contributed by atoms with Crippen LogP contribution in [0, 0.1) is 0 Å². The highest BCUT2D eigenvalue weighted by Crippen LogP contribution is 1.98. The van der Waals surface area contributed by atoms with Crippen LogP contribution < -0.4 is 0 Å². The van der Waals surface area contributed by atoms with Gasteiger partial charge in [-0.15, -0.1) is 0 Å². The summed E-state index contributed by atoms with van der Waals surface area (Å²) in [5, 5.41) is 0. The zero-order chi connectivity index (χ0) is 11.1. The summed E-state index contributed by atoms with van der Waals surface area (Å²) in [5.74, 6) is 0. The molecular formula is C13H30O. The van der Waals surface area contributed by atoms with Crippen molar-refractivity contribution in [2.45, 2.75) is 72.6 Å². The van der Waals surface area contributed by atoms with Gasteiger partial charge < -0.3 is 4.74 Å². The fourth-order valence-corrected chi connectivity index (χ4v) is 1.01. The second kappa shape index (κ2) is 18.7. The van der Waals surface area contributed by atoms with Gasteiger partial charge in [-0.25, -0.2) is 0 Å². The molecule has 1 nitrogen and oxygen atoms in total. The van der Waals surface area contributed by atoms with Crippen LogP contribution in [0.3, 0.4) is 0 Å². The summed E-state index contributed by atoms with van der Waals surface area (Å²) in [6.45, 7) is 10.7. The van der Waals surface area contributed by atoms with Crippen molar-refractivity contribution in [1.82, 2.24) is 0 Å². The van der Waals surface area contributed by atoms with Crippen LogP contribution in [0.1, 0.15) is 72.6 Å². The van der Waals surface area contributed by atoms with E-state index in [-0.39, 0.29) is 0 Å². The highest BCUT2D eigenvalue weighted by Gasteiger charge is 1.94. The van der Waals surface area contributed by atoms with Gasteiger partial charge >= 0.3 is 0 Å². The van der Waals surface area contributed by atoms with Gasteiger partial charge in [0.2, 0.25) is 0 Å². The van der Waals surface area contributed by atoms with E-state index in [4.69, 9.17) is 4.74 Å². The normalized spacial score (nSPS) is 13.7. The van der Waals surface area contributed by atoms with Crippen molar-refractivity contribution in [3.05, 3.63) is 0 Å². The molecule has 0 aromatic carbocycles. The molecule has 0 amide bonds. The van der Waals surface area contributed by atoms with E-state index in [0.717, 1.165) is 13.2 Å². The highest BCUT2D eigenvalue weighted by atomic mass is 16.5. The third-order valence-corrected chi connectivity index (χ3v) is 1.78. The predicted molar refractivity (Wildman–Crippen MR) is 65.8 cm³/mol. The molecule has 1 aliphatic heterocycles. The van der Waals surface area contributed by atoms with E-state index in [2.05, 4.69) is 27.7 Å². The molecule has 0 aliphatic carbocycles. The molecule has 0 radical (unpaired) electrons.